The Hall–Kier alpha value is -1.55. The van der Waals surface area contributed by atoms with E-state index in [0.717, 1.165) is 5.69 Å². The maximum Gasteiger partial charge on any atom is 0.338 e. The van der Waals surface area contributed by atoms with Crippen molar-refractivity contribution in [3.05, 3.63) is 29.8 Å². The van der Waals surface area contributed by atoms with Gasteiger partial charge in [-0.3, -0.25) is 0 Å². The lowest BCUT2D eigenvalue weighted by Gasteiger charge is -2.19. The van der Waals surface area contributed by atoms with Crippen molar-refractivity contribution in [2.75, 3.05) is 18.5 Å². The molecule has 0 unspecified atom stereocenters. The molecule has 0 aliphatic rings. The molecule has 0 amide bonds. The summed E-state index contributed by atoms with van der Waals surface area (Å²) in [5.74, 6) is -0.342. The summed E-state index contributed by atoms with van der Waals surface area (Å²) in [7, 11) is 0. The summed E-state index contributed by atoms with van der Waals surface area (Å²) in [4.78, 5) is 11.8. The third-order valence-corrected chi connectivity index (χ3v) is 1.94. The molecule has 0 aliphatic heterocycles. The molecule has 0 aromatic heterocycles. The number of carbonyl (C=O) groups is 1. The Balaban J connectivity index is 2.74. The smallest absolute Gasteiger partial charge is 0.338 e. The van der Waals surface area contributed by atoms with Gasteiger partial charge in [-0.2, -0.15) is 0 Å². The number of nitrogens with one attached hydrogen (secondary N) is 1. The standard InChI is InChI=1S/C13H19NO3/c1-13(2,3)17-12(16)10-5-4-6-11(9-10)14-7-8-15/h4-6,9,14-15H,7-8H2,1-3H3. The van der Waals surface area contributed by atoms with Crippen molar-refractivity contribution >= 4 is 11.7 Å². The number of aliphatic hydroxyl groups excluding tert-OH is 1. The third-order valence-electron chi connectivity index (χ3n) is 1.94. The third kappa shape index (κ3) is 4.87. The van der Waals surface area contributed by atoms with E-state index < -0.39 is 5.60 Å². The average Bonchev–Trinajstić information content (AvgIpc) is 2.24. The van der Waals surface area contributed by atoms with E-state index >= 15 is 0 Å². The lowest BCUT2D eigenvalue weighted by Crippen LogP contribution is -2.23. The van der Waals surface area contributed by atoms with E-state index in [2.05, 4.69) is 5.32 Å². The Morgan fingerprint density at radius 1 is 1.41 bits per heavy atom. The summed E-state index contributed by atoms with van der Waals surface area (Å²) in [6.07, 6.45) is 0. The quantitative estimate of drug-likeness (QED) is 0.787. The number of esters is 1. The fraction of sp³-hybridized carbons (Fsp3) is 0.462. The molecule has 0 aliphatic carbocycles. The molecule has 0 atom stereocenters. The van der Waals surface area contributed by atoms with Crippen LogP contribution in [0.3, 0.4) is 0 Å². The minimum absolute atomic E-state index is 0.0522. The Morgan fingerprint density at radius 3 is 2.71 bits per heavy atom. The van der Waals surface area contributed by atoms with Crippen molar-refractivity contribution in [1.29, 1.82) is 0 Å². The van der Waals surface area contributed by atoms with Crippen molar-refractivity contribution in [1.82, 2.24) is 0 Å². The molecule has 0 spiro atoms. The largest absolute Gasteiger partial charge is 0.456 e. The second-order valence-electron chi connectivity index (χ2n) is 4.73. The van der Waals surface area contributed by atoms with E-state index in [1.807, 2.05) is 26.8 Å². The molecule has 4 heteroatoms. The summed E-state index contributed by atoms with van der Waals surface area (Å²) in [5, 5.41) is 11.7. The van der Waals surface area contributed by atoms with Crippen molar-refractivity contribution in [3.8, 4) is 0 Å². The van der Waals surface area contributed by atoms with Crippen LogP contribution >= 0.6 is 0 Å². The van der Waals surface area contributed by atoms with E-state index in [4.69, 9.17) is 9.84 Å². The zero-order chi connectivity index (χ0) is 12.9. The van der Waals surface area contributed by atoms with Crippen LogP contribution in [-0.2, 0) is 4.74 Å². The van der Waals surface area contributed by atoms with Gasteiger partial charge in [0, 0.05) is 12.2 Å². The van der Waals surface area contributed by atoms with E-state index in [9.17, 15) is 4.79 Å². The van der Waals surface area contributed by atoms with Crippen LogP contribution in [0.15, 0.2) is 24.3 Å². The summed E-state index contributed by atoms with van der Waals surface area (Å²) in [6, 6.07) is 7.03. The lowest BCUT2D eigenvalue weighted by atomic mass is 10.1. The molecule has 17 heavy (non-hydrogen) atoms. The van der Waals surface area contributed by atoms with E-state index in [1.165, 1.54) is 0 Å². The molecular formula is C13H19NO3. The van der Waals surface area contributed by atoms with Gasteiger partial charge in [-0.25, -0.2) is 4.79 Å². The van der Waals surface area contributed by atoms with Crippen LogP contribution in [0, 0.1) is 0 Å². The fourth-order valence-corrected chi connectivity index (χ4v) is 1.29. The second kappa shape index (κ2) is 5.68. The van der Waals surface area contributed by atoms with Gasteiger partial charge < -0.3 is 15.2 Å². The first-order valence-corrected chi connectivity index (χ1v) is 5.60. The average molecular weight is 237 g/mol. The number of hydrogen-bond donors (Lipinski definition) is 2. The van der Waals surface area contributed by atoms with Gasteiger partial charge in [-0.15, -0.1) is 0 Å². The van der Waals surface area contributed by atoms with Crippen LogP contribution in [0.1, 0.15) is 31.1 Å². The first kappa shape index (κ1) is 13.5. The first-order valence-electron chi connectivity index (χ1n) is 5.60. The Kier molecular flexibility index (Phi) is 4.52. The molecule has 4 nitrogen and oxygen atoms in total. The highest BCUT2D eigenvalue weighted by atomic mass is 16.6. The minimum atomic E-state index is -0.494. The number of hydrogen-bond acceptors (Lipinski definition) is 4. The van der Waals surface area contributed by atoms with Crippen LogP contribution in [0.5, 0.6) is 0 Å². The maximum absolute atomic E-state index is 11.8. The zero-order valence-corrected chi connectivity index (χ0v) is 10.5. The zero-order valence-electron chi connectivity index (χ0n) is 10.5. The van der Waals surface area contributed by atoms with Gasteiger partial charge in [-0.1, -0.05) is 6.07 Å². The maximum atomic E-state index is 11.8. The Bertz CT molecular complexity index is 382. The highest BCUT2D eigenvalue weighted by molar-refractivity contribution is 5.90. The molecule has 0 radical (unpaired) electrons. The number of carbonyl (C=O) groups excluding carboxylic acids is 1. The molecule has 2 N–H and O–H groups in total. The molecule has 1 rings (SSSR count). The van der Waals surface area contributed by atoms with Gasteiger partial charge in [0.25, 0.3) is 0 Å². The fourth-order valence-electron chi connectivity index (χ4n) is 1.29. The number of benzene rings is 1. The summed E-state index contributed by atoms with van der Waals surface area (Å²) in [5.41, 5.74) is 0.802. The van der Waals surface area contributed by atoms with E-state index in [0.29, 0.717) is 12.1 Å². The molecular weight excluding hydrogens is 218 g/mol. The van der Waals surface area contributed by atoms with Crippen LogP contribution in [0.4, 0.5) is 5.69 Å². The molecule has 0 bridgehead atoms. The number of ether oxygens (including phenoxy) is 1. The molecule has 0 fully saturated rings. The lowest BCUT2D eigenvalue weighted by molar-refractivity contribution is 0.00696. The van der Waals surface area contributed by atoms with Crippen molar-refractivity contribution < 1.29 is 14.6 Å². The second-order valence-corrected chi connectivity index (χ2v) is 4.73. The van der Waals surface area contributed by atoms with Crippen LogP contribution in [0.25, 0.3) is 0 Å². The van der Waals surface area contributed by atoms with E-state index in [1.54, 1.807) is 18.2 Å². The van der Waals surface area contributed by atoms with Crippen LogP contribution < -0.4 is 5.32 Å². The Labute approximate surface area is 102 Å². The predicted molar refractivity (Wildman–Crippen MR) is 67.2 cm³/mol. The highest BCUT2D eigenvalue weighted by Crippen LogP contribution is 2.15. The monoisotopic (exact) mass is 237 g/mol. The number of aliphatic hydroxyl groups is 1. The summed E-state index contributed by atoms with van der Waals surface area (Å²) in [6.45, 7) is 6.00. The van der Waals surface area contributed by atoms with Crippen molar-refractivity contribution in [2.24, 2.45) is 0 Å². The SMILES string of the molecule is CC(C)(C)OC(=O)c1cccc(NCCO)c1. The summed E-state index contributed by atoms with van der Waals surface area (Å²) >= 11 is 0. The van der Waals surface area contributed by atoms with E-state index in [-0.39, 0.29) is 12.6 Å². The molecule has 1 aromatic carbocycles. The molecule has 94 valence electrons. The predicted octanol–water partition coefficient (Wildman–Crippen LogP) is 2.05. The number of rotatable bonds is 4. The van der Waals surface area contributed by atoms with Gasteiger partial charge in [0.05, 0.1) is 12.2 Å². The van der Waals surface area contributed by atoms with Gasteiger partial charge in [0.15, 0.2) is 0 Å². The first-order chi connectivity index (χ1) is 7.92. The molecule has 1 aromatic rings. The topological polar surface area (TPSA) is 58.6 Å². The normalized spacial score (nSPS) is 11.1. The number of anilines is 1. The van der Waals surface area contributed by atoms with Gasteiger partial charge in [0.2, 0.25) is 0 Å². The van der Waals surface area contributed by atoms with Crippen LogP contribution in [0.2, 0.25) is 0 Å². The Morgan fingerprint density at radius 2 is 2.12 bits per heavy atom. The van der Waals surface area contributed by atoms with Gasteiger partial charge in [0.1, 0.15) is 5.60 Å². The van der Waals surface area contributed by atoms with Gasteiger partial charge >= 0.3 is 5.97 Å². The molecule has 0 saturated carbocycles. The molecule has 0 saturated heterocycles. The van der Waals surface area contributed by atoms with Crippen LogP contribution in [-0.4, -0.2) is 29.8 Å². The van der Waals surface area contributed by atoms with Crippen molar-refractivity contribution in [3.63, 3.8) is 0 Å². The minimum Gasteiger partial charge on any atom is -0.456 e. The molecule has 0 heterocycles. The summed E-state index contributed by atoms with van der Waals surface area (Å²) < 4.78 is 5.27. The van der Waals surface area contributed by atoms with Gasteiger partial charge in [-0.05, 0) is 39.0 Å². The highest BCUT2D eigenvalue weighted by Gasteiger charge is 2.17. The van der Waals surface area contributed by atoms with Crippen molar-refractivity contribution in [2.45, 2.75) is 26.4 Å².